The van der Waals surface area contributed by atoms with Crippen LogP contribution in [0.25, 0.3) is 0 Å². The van der Waals surface area contributed by atoms with Crippen LogP contribution in [-0.4, -0.2) is 223 Å². The molecule has 0 aromatic heterocycles. The second-order valence-corrected chi connectivity index (χ2v) is 30.3. The van der Waals surface area contributed by atoms with Crippen LogP contribution in [-0.2, 0) is 13.2 Å². The van der Waals surface area contributed by atoms with Crippen LogP contribution in [0.4, 0.5) is 299 Å². The lowest BCUT2D eigenvalue weighted by Crippen LogP contribution is -2.74. The molecule has 7 nitrogen and oxygen atoms in total. The molecule has 0 aliphatic carbocycles. The number of carbonyl (C=O) groups excluding carboxylic acids is 1. The van der Waals surface area contributed by atoms with E-state index >= 15 is 0 Å². The van der Waals surface area contributed by atoms with E-state index in [0.29, 0.717) is 61.5 Å². The Labute approximate surface area is 757 Å². The first kappa shape index (κ1) is 131. The standard InChI is InChI=1S/C70H48F68O7/c1-29(139)32-22-37(144-27-30-18-33(140-14-6-2-10-39(71,72)43(79,80)47(87,88)51(95,96)55(103,104)59(111,112)63(119,120)67(127,128)129)24-34(19-30)141-15-7-3-11-40(73,74)44(81,82)48(89,90)52(97,98)56(105,106)60(113,114)64(121,122)68(130,131)132)26-38(23-32)145-28-31-20-35(142-16-8-4-12-41(75,76)45(83,84)49(91,92)53(99,100)57(107,108)61(115,116)65(123,124)69(133,134)135)25-36(21-31)143-17-9-5-13-42(77,78)46(85,86)50(93,94)54(101,102)58(109,110)62(117,118)66(125,126)70(136,137)138/h18-26H,2-17,27-28H2,1H3. The predicted molar refractivity (Wildman–Crippen MR) is 338 cm³/mol. The zero-order chi connectivity index (χ0) is 115. The van der Waals surface area contributed by atoms with Crippen LogP contribution in [0.2, 0.25) is 0 Å². The molecule has 3 rings (SSSR count). The van der Waals surface area contributed by atoms with E-state index < -0.39 is 364 Å². The van der Waals surface area contributed by atoms with Crippen molar-refractivity contribution in [2.75, 3.05) is 26.4 Å². The molecule has 846 valence electrons. The molecule has 0 aliphatic rings. The molecular formula is C70H48F68O7. The Morgan fingerprint density at radius 2 is 0.303 bits per heavy atom. The zero-order valence-electron chi connectivity index (χ0n) is 68.5. The van der Waals surface area contributed by atoms with Crippen molar-refractivity contribution in [3.05, 3.63) is 71.3 Å². The van der Waals surface area contributed by atoms with Gasteiger partial charge in [-0.15, -0.1) is 0 Å². The number of hydrogen-bond donors (Lipinski definition) is 0. The third kappa shape index (κ3) is 22.2. The summed E-state index contributed by atoms with van der Waals surface area (Å²) in [6.07, 6.45) is -59.3. The Kier molecular flexibility index (Phi) is 36.2. The Balaban J connectivity index is 2.19. The summed E-state index contributed by atoms with van der Waals surface area (Å²) in [5.74, 6) is -247. The molecule has 0 spiro atoms. The maximum atomic E-state index is 14.8. The van der Waals surface area contributed by atoms with E-state index in [0.717, 1.165) is 0 Å². The van der Waals surface area contributed by atoms with Gasteiger partial charge >= 0.3 is 191 Å². The van der Waals surface area contributed by atoms with E-state index in [1.54, 1.807) is 0 Å². The van der Waals surface area contributed by atoms with Crippen LogP contribution in [0.5, 0.6) is 34.5 Å². The van der Waals surface area contributed by atoms with Gasteiger partial charge in [-0.05, 0) is 106 Å². The molecule has 3 aromatic carbocycles. The molecule has 0 heterocycles. The lowest BCUT2D eigenvalue weighted by Gasteiger charge is -2.42. The number of halogens is 68. The molecule has 0 radical (unpaired) electrons. The number of Topliss-reactive ketones (excluding diaryl/α,β-unsaturated/α-hetero) is 1. The summed E-state index contributed by atoms with van der Waals surface area (Å²) in [5, 5.41) is 0. The molecule has 0 bridgehead atoms. The Morgan fingerprint density at radius 1 is 0.172 bits per heavy atom. The third-order valence-electron chi connectivity index (χ3n) is 19.7. The van der Waals surface area contributed by atoms with Crippen molar-refractivity contribution < 1.29 is 332 Å². The first-order chi connectivity index (χ1) is 63.5. The van der Waals surface area contributed by atoms with Crippen LogP contribution in [0.3, 0.4) is 0 Å². The van der Waals surface area contributed by atoms with Gasteiger partial charge in [-0.2, -0.15) is 299 Å². The third-order valence-corrected chi connectivity index (χ3v) is 19.7. The van der Waals surface area contributed by atoms with Crippen LogP contribution >= 0.6 is 0 Å². The fraction of sp³-hybridized carbons (Fsp3) is 0.729. The number of benzene rings is 3. The smallest absolute Gasteiger partial charge is 0.460 e. The summed E-state index contributed by atoms with van der Waals surface area (Å²) in [5.41, 5.74) is -2.19. The van der Waals surface area contributed by atoms with Crippen molar-refractivity contribution in [3.63, 3.8) is 0 Å². The van der Waals surface area contributed by atoms with Crippen molar-refractivity contribution in [1.29, 1.82) is 0 Å². The average Bonchev–Trinajstić information content (AvgIpc) is 0.704. The fourth-order valence-electron chi connectivity index (χ4n) is 11.0. The van der Waals surface area contributed by atoms with Gasteiger partial charge in [-0.3, -0.25) is 4.79 Å². The van der Waals surface area contributed by atoms with E-state index in [9.17, 15) is 303 Å². The van der Waals surface area contributed by atoms with Gasteiger partial charge < -0.3 is 28.4 Å². The summed E-state index contributed by atoms with van der Waals surface area (Å²) >= 11 is 0. The van der Waals surface area contributed by atoms with E-state index in [-0.39, 0.29) is 0 Å². The van der Waals surface area contributed by atoms with E-state index in [2.05, 4.69) is 0 Å². The monoisotopic (exact) mass is 2290 g/mol. The highest BCUT2D eigenvalue weighted by molar-refractivity contribution is 5.95. The molecule has 0 N–H and O–H groups in total. The molecule has 0 saturated heterocycles. The van der Waals surface area contributed by atoms with Gasteiger partial charge in [-0.25, -0.2) is 0 Å². The molecule has 0 amide bonds. The van der Waals surface area contributed by atoms with Gasteiger partial charge in [0.05, 0.1) is 26.4 Å². The zero-order valence-corrected chi connectivity index (χ0v) is 68.5. The predicted octanol–water partition coefficient (Wildman–Crippen LogP) is 31.3. The SMILES string of the molecule is CC(=O)c1cc(OCc2cc(OCCCCC(F)(F)C(F)(F)C(F)(F)C(F)(F)C(F)(F)C(F)(F)C(F)(F)C(F)(F)F)cc(OCCCCC(F)(F)C(F)(F)C(F)(F)C(F)(F)C(F)(F)C(F)(F)C(F)(F)C(F)(F)F)c2)cc(OCc2cc(OCCCCC(F)(F)C(F)(F)C(F)(F)C(F)(F)C(F)(F)C(F)(F)C(F)(F)C(F)(F)F)cc(OCCCCC(F)(F)C(F)(F)C(F)(F)C(F)(F)C(F)(F)C(F)(F)C(F)(F)C(F)(F)F)c2)c1. The minimum absolute atomic E-state index is 0.323. The van der Waals surface area contributed by atoms with Gasteiger partial charge in [0, 0.05) is 49.4 Å². The number of ether oxygens (including phenoxy) is 6. The Hall–Kier alpha value is -8.63. The molecule has 0 saturated carbocycles. The van der Waals surface area contributed by atoms with E-state index in [1.165, 1.54) is 0 Å². The van der Waals surface area contributed by atoms with Crippen molar-refractivity contribution in [2.45, 2.75) is 288 Å². The molecule has 0 aliphatic heterocycles. The fourth-order valence-corrected chi connectivity index (χ4v) is 11.0. The lowest BCUT2D eigenvalue weighted by molar-refractivity contribution is -0.461. The van der Waals surface area contributed by atoms with Crippen molar-refractivity contribution >= 4 is 5.78 Å². The van der Waals surface area contributed by atoms with Gasteiger partial charge in [-0.1, -0.05) is 0 Å². The largest absolute Gasteiger partial charge is 0.493 e. The summed E-state index contributed by atoms with van der Waals surface area (Å²) < 4.78 is 975. The summed E-state index contributed by atoms with van der Waals surface area (Å²) in [4.78, 5) is 12.7. The van der Waals surface area contributed by atoms with Crippen LogP contribution < -0.4 is 28.4 Å². The van der Waals surface area contributed by atoms with Gasteiger partial charge in [0.15, 0.2) is 5.78 Å². The number of unbranched alkanes of at least 4 members (excludes halogenated alkanes) is 4. The van der Waals surface area contributed by atoms with E-state index in [4.69, 9.17) is 28.4 Å². The van der Waals surface area contributed by atoms with Gasteiger partial charge in [0.25, 0.3) is 0 Å². The normalized spacial score (nSPS) is 15.6. The van der Waals surface area contributed by atoms with E-state index in [1.807, 2.05) is 0 Å². The molecule has 0 unspecified atom stereocenters. The second kappa shape index (κ2) is 40.3. The molecule has 145 heavy (non-hydrogen) atoms. The number of rotatable bonds is 55. The molecule has 0 fully saturated rings. The average molecular weight is 2290 g/mol. The second-order valence-electron chi connectivity index (χ2n) is 30.3. The summed E-state index contributed by atoms with van der Waals surface area (Å²) in [6.45, 7) is -8.07. The van der Waals surface area contributed by atoms with Crippen molar-refractivity contribution in [1.82, 2.24) is 0 Å². The Morgan fingerprint density at radius 3 is 0.441 bits per heavy atom. The number of hydrogen-bond acceptors (Lipinski definition) is 7. The minimum atomic E-state index is -9.10. The van der Waals surface area contributed by atoms with Crippen molar-refractivity contribution in [3.8, 4) is 34.5 Å². The van der Waals surface area contributed by atoms with Crippen LogP contribution in [0, 0.1) is 0 Å². The molecule has 0 atom stereocenters. The number of alkyl halides is 68. The molecule has 75 heteroatoms. The lowest BCUT2D eigenvalue weighted by atomic mass is 9.88. The van der Waals surface area contributed by atoms with Crippen LogP contribution in [0.1, 0.15) is 105 Å². The summed E-state index contributed by atoms with van der Waals surface area (Å²) in [6, 6.07) is 4.33. The quantitative estimate of drug-likeness (QED) is 0.0317. The highest BCUT2D eigenvalue weighted by atomic mass is 19.5. The minimum Gasteiger partial charge on any atom is -0.493 e. The van der Waals surface area contributed by atoms with Crippen molar-refractivity contribution in [2.24, 2.45) is 0 Å². The Bertz CT molecular complexity index is 4300. The summed E-state index contributed by atoms with van der Waals surface area (Å²) in [7, 11) is 0. The van der Waals surface area contributed by atoms with Gasteiger partial charge in [0.1, 0.15) is 47.7 Å². The molecular weight excluding hydrogens is 2240 g/mol. The topological polar surface area (TPSA) is 72.5 Å². The van der Waals surface area contributed by atoms with Gasteiger partial charge in [0.2, 0.25) is 0 Å². The highest BCUT2D eigenvalue weighted by Gasteiger charge is 3.00. The first-order valence-electron chi connectivity index (χ1n) is 37.1. The maximum Gasteiger partial charge on any atom is 0.460 e. The molecule has 3 aromatic rings. The van der Waals surface area contributed by atoms with Crippen LogP contribution in [0.15, 0.2) is 54.6 Å². The first-order valence-corrected chi connectivity index (χ1v) is 37.1. The number of carbonyl (C=O) groups is 1. The number of ketones is 1. The maximum absolute atomic E-state index is 14.8. The highest BCUT2D eigenvalue weighted by Crippen LogP contribution is 2.71.